The first-order chi connectivity index (χ1) is 8.50. The van der Waals surface area contributed by atoms with Gasteiger partial charge in [-0.15, -0.1) is 0 Å². The number of guanidine groups is 1. The van der Waals surface area contributed by atoms with Crippen molar-refractivity contribution in [2.24, 2.45) is 4.99 Å². The highest BCUT2D eigenvalue weighted by atomic mass is 35.5. The first-order valence-corrected chi connectivity index (χ1v) is 5.95. The van der Waals surface area contributed by atoms with Gasteiger partial charge in [-0.2, -0.15) is 0 Å². The van der Waals surface area contributed by atoms with E-state index >= 15 is 0 Å². The number of rotatable bonds is 1. The van der Waals surface area contributed by atoms with Gasteiger partial charge in [0.2, 0.25) is 0 Å². The molecule has 0 atom stereocenters. The van der Waals surface area contributed by atoms with Crippen molar-refractivity contribution in [1.29, 1.82) is 0 Å². The van der Waals surface area contributed by atoms with Crippen LogP contribution in [0.2, 0.25) is 10.0 Å². The maximum atomic E-state index is 9.00. The molecule has 1 aromatic rings. The largest absolute Gasteiger partial charge is 0.481 e. The molecule has 1 aliphatic heterocycles. The van der Waals surface area contributed by atoms with E-state index in [-0.39, 0.29) is 16.4 Å². The minimum Gasteiger partial charge on any atom is -0.481 e. The van der Waals surface area contributed by atoms with E-state index in [2.05, 4.69) is 15.6 Å². The molecule has 1 heterocycles. The van der Waals surface area contributed by atoms with E-state index < -0.39 is 5.97 Å². The third-order valence-electron chi connectivity index (χ3n) is 1.88. The van der Waals surface area contributed by atoms with Gasteiger partial charge >= 0.3 is 0 Å². The Kier molecular flexibility index (Phi) is 14.2. The van der Waals surface area contributed by atoms with Gasteiger partial charge in [-0.3, -0.25) is 9.79 Å². The molecular weight excluding hydrogens is 325 g/mol. The van der Waals surface area contributed by atoms with E-state index in [0.717, 1.165) is 26.0 Å². The fraction of sp³-hybridized carbons (Fsp3) is 0.273. The van der Waals surface area contributed by atoms with Crippen LogP contribution in [0.3, 0.4) is 0 Å². The second kappa shape index (κ2) is 12.2. The summed E-state index contributed by atoms with van der Waals surface area (Å²) >= 11 is 12.0. The van der Waals surface area contributed by atoms with Crippen molar-refractivity contribution in [2.45, 2.75) is 6.92 Å². The molecule has 0 unspecified atom stereocenters. The third-order valence-corrected chi connectivity index (χ3v) is 2.51. The molecule has 1 aliphatic rings. The van der Waals surface area contributed by atoms with E-state index in [9.17, 15) is 0 Å². The minimum absolute atomic E-state index is 0. The van der Waals surface area contributed by atoms with Crippen molar-refractivity contribution < 1.29 is 26.3 Å². The van der Waals surface area contributed by atoms with E-state index in [4.69, 9.17) is 33.1 Å². The van der Waals surface area contributed by atoms with Gasteiger partial charge in [-0.05, 0) is 12.1 Å². The average Bonchev–Trinajstić information content (AvgIpc) is 2.75. The molecule has 0 aromatic heterocycles. The fourth-order valence-corrected chi connectivity index (χ4v) is 1.71. The Labute approximate surface area is 131 Å². The zero-order chi connectivity index (χ0) is 13.5. The molecule has 0 fully saturated rings. The number of para-hydroxylation sites is 1. The third kappa shape index (κ3) is 9.05. The molecule has 0 bridgehead atoms. The number of carboxylic acids is 1. The smallest absolute Gasteiger partial charge is 0.300 e. The summed E-state index contributed by atoms with van der Waals surface area (Å²) in [6.45, 7) is 2.72. The number of halogens is 2. The Hall–Kier alpha value is -1.58. The first kappa shape index (κ1) is 24.4. The molecule has 10 heteroatoms. The Morgan fingerprint density at radius 3 is 2.14 bits per heavy atom. The van der Waals surface area contributed by atoms with Crippen LogP contribution in [0.1, 0.15) is 6.92 Å². The highest BCUT2D eigenvalue weighted by Gasteiger charge is 2.09. The van der Waals surface area contributed by atoms with Gasteiger partial charge in [0.15, 0.2) is 5.96 Å². The summed E-state index contributed by atoms with van der Waals surface area (Å²) in [5.41, 5.74) is 0.698. The van der Waals surface area contributed by atoms with Crippen molar-refractivity contribution in [3.8, 4) is 0 Å². The van der Waals surface area contributed by atoms with Crippen LogP contribution in [0.5, 0.6) is 0 Å². The molecule has 0 aliphatic carbocycles. The SMILES string of the molecule is CC(=O)O.Clc1cccc(Cl)c1NC1=NCCN1.O.O.O. The van der Waals surface area contributed by atoms with Gasteiger partial charge in [0.25, 0.3) is 5.97 Å². The quantitative estimate of drug-likeness (QED) is 0.651. The summed E-state index contributed by atoms with van der Waals surface area (Å²) < 4.78 is 0. The Bertz CT molecular complexity index is 447. The fourth-order valence-electron chi connectivity index (χ4n) is 1.22. The zero-order valence-corrected chi connectivity index (χ0v) is 12.7. The number of nitrogens with one attached hydrogen (secondary N) is 2. The number of aliphatic carboxylic acids is 1. The van der Waals surface area contributed by atoms with E-state index in [1.807, 2.05) is 0 Å². The molecule has 1 aromatic carbocycles. The second-order valence-corrected chi connectivity index (χ2v) is 4.21. The number of benzene rings is 1. The standard InChI is InChI=1S/C9H9Cl2N3.C2H4O2.3H2O/c10-6-2-1-3-7(11)8(6)14-9-12-4-5-13-9;1-2(3)4;;;/h1-3H,4-5H2,(H2,12,13,14);1H3,(H,3,4);3*1H2. The molecular formula is C11H19Cl2N3O5. The number of hydrogen-bond acceptors (Lipinski definition) is 4. The van der Waals surface area contributed by atoms with Gasteiger partial charge in [-0.25, -0.2) is 0 Å². The van der Waals surface area contributed by atoms with Gasteiger partial charge in [0, 0.05) is 13.5 Å². The van der Waals surface area contributed by atoms with Gasteiger partial charge in [0.1, 0.15) is 0 Å². The summed E-state index contributed by atoms with van der Waals surface area (Å²) in [5, 5.41) is 14.7. The van der Waals surface area contributed by atoms with E-state index in [1.54, 1.807) is 18.2 Å². The van der Waals surface area contributed by atoms with Crippen LogP contribution in [-0.4, -0.2) is 46.6 Å². The Morgan fingerprint density at radius 2 is 1.76 bits per heavy atom. The van der Waals surface area contributed by atoms with E-state index in [0.29, 0.717) is 15.7 Å². The number of aliphatic imine (C=N–C) groups is 1. The molecule has 0 spiro atoms. The Balaban J connectivity index is -0.000000417. The van der Waals surface area contributed by atoms with Crippen molar-refractivity contribution in [3.63, 3.8) is 0 Å². The van der Waals surface area contributed by atoms with Crippen molar-refractivity contribution in [1.82, 2.24) is 5.32 Å². The molecule has 2 rings (SSSR count). The lowest BCUT2D eigenvalue weighted by Gasteiger charge is -2.09. The molecule has 9 N–H and O–H groups in total. The number of carboxylic acid groups (broad SMARTS) is 1. The monoisotopic (exact) mass is 343 g/mol. The highest BCUT2D eigenvalue weighted by molar-refractivity contribution is 6.39. The van der Waals surface area contributed by atoms with Crippen LogP contribution in [-0.2, 0) is 4.79 Å². The van der Waals surface area contributed by atoms with Crippen molar-refractivity contribution in [2.75, 3.05) is 18.4 Å². The summed E-state index contributed by atoms with van der Waals surface area (Å²) in [5.74, 6) is -0.111. The van der Waals surface area contributed by atoms with Crippen LogP contribution >= 0.6 is 23.2 Å². The number of anilines is 1. The van der Waals surface area contributed by atoms with Gasteiger partial charge < -0.3 is 32.2 Å². The summed E-state index contributed by atoms with van der Waals surface area (Å²) in [4.78, 5) is 13.2. The molecule has 0 saturated carbocycles. The summed E-state index contributed by atoms with van der Waals surface area (Å²) in [7, 11) is 0. The zero-order valence-electron chi connectivity index (χ0n) is 11.2. The normalized spacial score (nSPS) is 11.1. The lowest BCUT2D eigenvalue weighted by atomic mass is 10.3. The number of nitrogens with zero attached hydrogens (tertiary/aromatic N) is 1. The van der Waals surface area contributed by atoms with Crippen LogP contribution in [0.15, 0.2) is 23.2 Å². The Morgan fingerprint density at radius 1 is 1.29 bits per heavy atom. The number of hydrogen-bond donors (Lipinski definition) is 3. The molecule has 21 heavy (non-hydrogen) atoms. The average molecular weight is 344 g/mol. The highest BCUT2D eigenvalue weighted by Crippen LogP contribution is 2.29. The lowest BCUT2D eigenvalue weighted by Crippen LogP contribution is -2.26. The van der Waals surface area contributed by atoms with Crippen LogP contribution in [0.25, 0.3) is 0 Å². The first-order valence-electron chi connectivity index (χ1n) is 5.19. The maximum absolute atomic E-state index is 9.00. The van der Waals surface area contributed by atoms with Gasteiger partial charge in [-0.1, -0.05) is 29.3 Å². The predicted octanol–water partition coefficient (Wildman–Crippen LogP) is -0.0187. The molecule has 0 saturated heterocycles. The molecule has 0 radical (unpaired) electrons. The maximum Gasteiger partial charge on any atom is 0.300 e. The van der Waals surface area contributed by atoms with Crippen LogP contribution in [0, 0.1) is 0 Å². The topological polar surface area (TPSA) is 168 Å². The number of carbonyl (C=O) groups is 1. The van der Waals surface area contributed by atoms with Crippen molar-refractivity contribution in [3.05, 3.63) is 28.2 Å². The summed E-state index contributed by atoms with van der Waals surface area (Å²) in [6.07, 6.45) is 0. The second-order valence-electron chi connectivity index (χ2n) is 3.40. The predicted molar refractivity (Wildman–Crippen MR) is 84.5 cm³/mol. The molecule has 0 amide bonds. The summed E-state index contributed by atoms with van der Waals surface area (Å²) in [6, 6.07) is 5.37. The van der Waals surface area contributed by atoms with Gasteiger partial charge in [0.05, 0.1) is 22.3 Å². The molecule has 8 nitrogen and oxygen atoms in total. The minimum atomic E-state index is -0.833. The van der Waals surface area contributed by atoms with E-state index in [1.165, 1.54) is 0 Å². The van der Waals surface area contributed by atoms with Crippen LogP contribution < -0.4 is 10.6 Å². The lowest BCUT2D eigenvalue weighted by molar-refractivity contribution is -0.134. The molecule has 122 valence electrons. The van der Waals surface area contributed by atoms with Crippen LogP contribution in [0.4, 0.5) is 5.69 Å². The van der Waals surface area contributed by atoms with Crippen molar-refractivity contribution >= 4 is 40.8 Å².